The molecule has 0 radical (unpaired) electrons. The lowest BCUT2D eigenvalue weighted by atomic mass is 10.1. The van der Waals surface area contributed by atoms with Crippen LogP contribution in [0.4, 0.5) is 19.0 Å². The van der Waals surface area contributed by atoms with Gasteiger partial charge in [-0.05, 0) is 12.8 Å². The summed E-state index contributed by atoms with van der Waals surface area (Å²) < 4.78 is 42.4. The summed E-state index contributed by atoms with van der Waals surface area (Å²) in [7, 11) is 0. The Labute approximate surface area is 96.2 Å². The molecular weight excluding hydrogens is 235 g/mol. The number of aromatic nitrogens is 2. The number of halogens is 3. The molecule has 0 aromatic carbocycles. The highest BCUT2D eigenvalue weighted by molar-refractivity contribution is 5.33. The number of rotatable bonds is 2. The van der Waals surface area contributed by atoms with Crippen molar-refractivity contribution >= 4 is 5.82 Å². The smallest absolute Gasteiger partial charge is 0.379 e. The Bertz CT molecular complexity index is 377. The molecule has 1 unspecified atom stereocenters. The molecule has 1 fully saturated rings. The van der Waals surface area contributed by atoms with Crippen LogP contribution in [0.25, 0.3) is 0 Å². The Balaban J connectivity index is 2.05. The van der Waals surface area contributed by atoms with Crippen molar-refractivity contribution in [2.24, 2.45) is 0 Å². The minimum atomic E-state index is -4.46. The van der Waals surface area contributed by atoms with Crippen LogP contribution in [0.5, 0.6) is 0 Å². The highest BCUT2D eigenvalue weighted by atomic mass is 19.4. The molecule has 1 N–H and O–H groups in total. The zero-order valence-corrected chi connectivity index (χ0v) is 9.00. The fourth-order valence-corrected chi connectivity index (χ4v) is 1.64. The first-order valence-corrected chi connectivity index (χ1v) is 5.29. The van der Waals surface area contributed by atoms with Gasteiger partial charge in [-0.15, -0.1) is 0 Å². The standard InChI is InChI=1S/C10H12F3N3O/c11-10(12,13)8-4-14-5-9(16-8)15-7-2-1-3-17-6-7/h4-5,7H,1-3,6H2,(H,15,16). The van der Waals surface area contributed by atoms with Gasteiger partial charge in [-0.1, -0.05) is 0 Å². The largest absolute Gasteiger partial charge is 0.434 e. The van der Waals surface area contributed by atoms with Gasteiger partial charge < -0.3 is 10.1 Å². The van der Waals surface area contributed by atoms with Crippen LogP contribution in [0, 0.1) is 0 Å². The van der Waals surface area contributed by atoms with Gasteiger partial charge in [0, 0.05) is 6.61 Å². The van der Waals surface area contributed by atoms with Crippen molar-refractivity contribution in [3.8, 4) is 0 Å². The molecule has 4 nitrogen and oxygen atoms in total. The van der Waals surface area contributed by atoms with Crippen molar-refractivity contribution in [3.63, 3.8) is 0 Å². The molecule has 0 aliphatic carbocycles. The molecular formula is C10H12F3N3O. The number of nitrogens with one attached hydrogen (secondary N) is 1. The average Bonchev–Trinajstić information content (AvgIpc) is 2.29. The number of anilines is 1. The van der Waals surface area contributed by atoms with Gasteiger partial charge in [0.2, 0.25) is 0 Å². The van der Waals surface area contributed by atoms with Crippen LogP contribution in [0.3, 0.4) is 0 Å². The van der Waals surface area contributed by atoms with Crippen LogP contribution >= 0.6 is 0 Å². The van der Waals surface area contributed by atoms with Crippen molar-refractivity contribution in [2.45, 2.75) is 25.1 Å². The Hall–Kier alpha value is -1.37. The summed E-state index contributed by atoms with van der Waals surface area (Å²) >= 11 is 0. The zero-order valence-electron chi connectivity index (χ0n) is 9.00. The molecule has 1 aliphatic rings. The van der Waals surface area contributed by atoms with E-state index in [-0.39, 0.29) is 11.9 Å². The molecule has 7 heteroatoms. The maximum atomic E-state index is 12.4. The Morgan fingerprint density at radius 1 is 1.35 bits per heavy atom. The number of hydrogen-bond donors (Lipinski definition) is 1. The SMILES string of the molecule is FC(F)(F)c1cncc(NC2CCCOC2)n1. The van der Waals surface area contributed by atoms with E-state index in [2.05, 4.69) is 15.3 Å². The van der Waals surface area contributed by atoms with Crippen molar-refractivity contribution < 1.29 is 17.9 Å². The highest BCUT2D eigenvalue weighted by Gasteiger charge is 2.33. The molecule has 2 rings (SSSR count). The lowest BCUT2D eigenvalue weighted by Crippen LogP contribution is -2.30. The predicted octanol–water partition coefficient (Wildman–Crippen LogP) is 2.09. The van der Waals surface area contributed by atoms with Crippen LogP contribution in [0.2, 0.25) is 0 Å². The van der Waals surface area contributed by atoms with Crippen LogP contribution in [0.15, 0.2) is 12.4 Å². The van der Waals surface area contributed by atoms with Crippen molar-refractivity contribution in [1.82, 2.24) is 9.97 Å². The average molecular weight is 247 g/mol. The Morgan fingerprint density at radius 2 is 2.18 bits per heavy atom. The van der Waals surface area contributed by atoms with E-state index in [0.29, 0.717) is 19.4 Å². The van der Waals surface area contributed by atoms with Gasteiger partial charge in [0.05, 0.1) is 25.0 Å². The fourth-order valence-electron chi connectivity index (χ4n) is 1.64. The quantitative estimate of drug-likeness (QED) is 0.869. The van der Waals surface area contributed by atoms with Gasteiger partial charge in [-0.3, -0.25) is 4.98 Å². The number of alkyl halides is 3. The van der Waals surface area contributed by atoms with Crippen molar-refractivity contribution in [3.05, 3.63) is 18.1 Å². The number of ether oxygens (including phenoxy) is 1. The Morgan fingerprint density at radius 3 is 2.82 bits per heavy atom. The molecule has 0 saturated carbocycles. The topological polar surface area (TPSA) is 47.0 Å². The summed E-state index contributed by atoms with van der Waals surface area (Å²) in [5, 5.41) is 2.89. The molecule has 2 heterocycles. The molecule has 1 aliphatic heterocycles. The minimum absolute atomic E-state index is 0.00142. The summed E-state index contributed by atoms with van der Waals surface area (Å²) in [5.41, 5.74) is -0.987. The Kier molecular flexibility index (Phi) is 3.46. The van der Waals surface area contributed by atoms with E-state index in [9.17, 15) is 13.2 Å². The second-order valence-corrected chi connectivity index (χ2v) is 3.85. The lowest BCUT2D eigenvalue weighted by Gasteiger charge is -2.23. The van der Waals surface area contributed by atoms with E-state index >= 15 is 0 Å². The second kappa shape index (κ2) is 4.87. The molecule has 0 bridgehead atoms. The molecule has 94 valence electrons. The van der Waals surface area contributed by atoms with Gasteiger partial charge in [0.15, 0.2) is 5.69 Å². The van der Waals surface area contributed by atoms with Crippen molar-refractivity contribution in [1.29, 1.82) is 0 Å². The van der Waals surface area contributed by atoms with Gasteiger partial charge in [-0.2, -0.15) is 13.2 Å². The van der Waals surface area contributed by atoms with Crippen LogP contribution in [-0.2, 0) is 10.9 Å². The number of hydrogen-bond acceptors (Lipinski definition) is 4. The van der Waals surface area contributed by atoms with E-state index in [1.165, 1.54) is 6.20 Å². The lowest BCUT2D eigenvalue weighted by molar-refractivity contribution is -0.141. The molecule has 1 aromatic rings. The molecule has 17 heavy (non-hydrogen) atoms. The first-order valence-electron chi connectivity index (χ1n) is 5.29. The number of nitrogens with zero attached hydrogens (tertiary/aromatic N) is 2. The summed E-state index contributed by atoms with van der Waals surface area (Å²) in [6, 6.07) is 0.00142. The van der Waals surface area contributed by atoms with Gasteiger partial charge in [-0.25, -0.2) is 4.98 Å². The van der Waals surface area contributed by atoms with Gasteiger partial charge >= 0.3 is 6.18 Å². The van der Waals surface area contributed by atoms with Crippen LogP contribution in [0.1, 0.15) is 18.5 Å². The van der Waals surface area contributed by atoms with Crippen molar-refractivity contribution in [2.75, 3.05) is 18.5 Å². The zero-order chi connectivity index (χ0) is 12.3. The first-order chi connectivity index (χ1) is 8.05. The van der Waals surface area contributed by atoms with Crippen LogP contribution in [-0.4, -0.2) is 29.2 Å². The molecule has 1 atom stereocenters. The van der Waals surface area contributed by atoms with E-state index in [1.807, 2.05) is 0 Å². The van der Waals surface area contributed by atoms with Crippen LogP contribution < -0.4 is 5.32 Å². The predicted molar refractivity (Wildman–Crippen MR) is 54.5 cm³/mol. The third kappa shape index (κ3) is 3.29. The summed E-state index contributed by atoms with van der Waals surface area (Å²) in [4.78, 5) is 7.01. The normalized spacial score (nSPS) is 21.2. The summed E-state index contributed by atoms with van der Waals surface area (Å²) in [5.74, 6) is 0.135. The third-order valence-corrected chi connectivity index (χ3v) is 2.44. The van der Waals surface area contributed by atoms with E-state index < -0.39 is 11.9 Å². The van der Waals surface area contributed by atoms with E-state index in [4.69, 9.17) is 4.74 Å². The first kappa shape index (κ1) is 12.1. The minimum Gasteiger partial charge on any atom is -0.379 e. The summed E-state index contributed by atoms with van der Waals surface area (Å²) in [6.45, 7) is 1.18. The molecule has 1 saturated heterocycles. The van der Waals surface area contributed by atoms with E-state index in [0.717, 1.165) is 12.8 Å². The molecule has 0 spiro atoms. The molecule has 1 aromatic heterocycles. The van der Waals surface area contributed by atoms with Gasteiger partial charge in [0.1, 0.15) is 5.82 Å². The fraction of sp³-hybridized carbons (Fsp3) is 0.600. The maximum Gasteiger partial charge on any atom is 0.434 e. The highest BCUT2D eigenvalue weighted by Crippen LogP contribution is 2.27. The third-order valence-electron chi connectivity index (χ3n) is 2.44. The van der Waals surface area contributed by atoms with Gasteiger partial charge in [0.25, 0.3) is 0 Å². The van der Waals surface area contributed by atoms with E-state index in [1.54, 1.807) is 0 Å². The maximum absolute atomic E-state index is 12.4. The summed E-state index contributed by atoms with van der Waals surface area (Å²) in [6.07, 6.45) is -0.720. The molecule has 0 amide bonds. The second-order valence-electron chi connectivity index (χ2n) is 3.85. The monoisotopic (exact) mass is 247 g/mol.